The number of rotatable bonds is 4. The number of hydrogen-bond donors (Lipinski definition) is 1. The van der Waals surface area contributed by atoms with E-state index >= 15 is 0 Å². The number of nitriles is 2. The summed E-state index contributed by atoms with van der Waals surface area (Å²) in [6.07, 6.45) is 1.67. The van der Waals surface area contributed by atoms with Crippen LogP contribution in [0.2, 0.25) is 0 Å². The van der Waals surface area contributed by atoms with Crippen LogP contribution in [-0.4, -0.2) is 9.97 Å². The summed E-state index contributed by atoms with van der Waals surface area (Å²) in [6, 6.07) is 15.1. The van der Waals surface area contributed by atoms with Gasteiger partial charge in [-0.1, -0.05) is 42.1 Å². The van der Waals surface area contributed by atoms with Crippen molar-refractivity contribution in [2.75, 3.05) is 5.73 Å². The lowest BCUT2D eigenvalue weighted by molar-refractivity contribution is 0.510. The zero-order valence-corrected chi connectivity index (χ0v) is 14.1. The van der Waals surface area contributed by atoms with Crippen LogP contribution < -0.4 is 5.73 Å². The Morgan fingerprint density at radius 1 is 1.16 bits per heavy atom. The highest BCUT2D eigenvalue weighted by molar-refractivity contribution is 7.99. The van der Waals surface area contributed by atoms with Crippen molar-refractivity contribution < 1.29 is 4.42 Å². The number of anilines is 1. The van der Waals surface area contributed by atoms with Crippen molar-refractivity contribution in [3.8, 4) is 23.5 Å². The summed E-state index contributed by atoms with van der Waals surface area (Å²) in [5.41, 5.74) is 7.19. The van der Waals surface area contributed by atoms with E-state index in [1.165, 1.54) is 17.8 Å². The Hall–Kier alpha value is -3.29. The van der Waals surface area contributed by atoms with Crippen molar-refractivity contribution in [1.29, 1.82) is 10.5 Å². The van der Waals surface area contributed by atoms with E-state index in [9.17, 15) is 5.26 Å². The molecule has 0 amide bonds. The van der Waals surface area contributed by atoms with Crippen molar-refractivity contribution >= 4 is 17.6 Å². The Balaban J connectivity index is 1.85. The van der Waals surface area contributed by atoms with Crippen LogP contribution in [0.25, 0.3) is 11.3 Å². The predicted octanol–water partition coefficient (Wildman–Crippen LogP) is 3.92. The molecule has 2 aromatic heterocycles. The number of aromatic nitrogens is 2. The number of nitrogens with zero attached hydrogens (tertiary/aromatic N) is 4. The minimum atomic E-state index is -0.176. The third-order valence-corrected chi connectivity index (χ3v) is 4.57. The molecule has 0 aliphatic carbocycles. The maximum Gasteiger partial charge on any atom is 0.208 e. The third kappa shape index (κ3) is 3.47. The summed E-state index contributed by atoms with van der Waals surface area (Å²) >= 11 is 1.31. The fourth-order valence-electron chi connectivity index (χ4n) is 2.20. The van der Waals surface area contributed by atoms with E-state index in [2.05, 4.69) is 9.97 Å². The van der Waals surface area contributed by atoms with Gasteiger partial charge in [0.25, 0.3) is 0 Å². The fourth-order valence-corrected chi connectivity index (χ4v) is 3.13. The van der Waals surface area contributed by atoms with Gasteiger partial charge in [0, 0.05) is 5.56 Å². The standard InChI is InChI=1S/C18H13N5OS/c1-11(17-22-10-15(24-17)12-5-3-2-4-6-12)25-18-14(9-20)7-13(8-19)16(21)23-18/h2-7,10-11H,1H3,(H2,21,23)/t11-/m0/s1. The highest BCUT2D eigenvalue weighted by Crippen LogP contribution is 2.37. The first-order chi connectivity index (χ1) is 12.1. The van der Waals surface area contributed by atoms with Gasteiger partial charge in [0.2, 0.25) is 5.89 Å². The molecule has 0 aliphatic rings. The van der Waals surface area contributed by atoms with E-state index in [0.29, 0.717) is 22.2 Å². The van der Waals surface area contributed by atoms with Crippen molar-refractivity contribution in [3.05, 3.63) is 59.6 Å². The number of hydrogen-bond acceptors (Lipinski definition) is 7. The van der Waals surface area contributed by atoms with Crippen molar-refractivity contribution in [2.45, 2.75) is 17.2 Å². The normalized spacial score (nSPS) is 11.5. The summed E-state index contributed by atoms with van der Waals surface area (Å²) in [4.78, 5) is 8.49. The highest BCUT2D eigenvalue weighted by Gasteiger charge is 2.19. The number of nitrogens with two attached hydrogens (primary N) is 1. The number of oxazole rings is 1. The van der Waals surface area contributed by atoms with Crippen LogP contribution in [0, 0.1) is 22.7 Å². The molecule has 6 nitrogen and oxygen atoms in total. The molecule has 25 heavy (non-hydrogen) atoms. The van der Waals surface area contributed by atoms with Crippen molar-refractivity contribution in [3.63, 3.8) is 0 Å². The van der Waals surface area contributed by atoms with Crippen LogP contribution >= 0.6 is 11.8 Å². The smallest absolute Gasteiger partial charge is 0.208 e. The lowest BCUT2D eigenvalue weighted by Crippen LogP contribution is -2.00. The molecule has 3 rings (SSSR count). The average molecular weight is 347 g/mol. The molecule has 2 N–H and O–H groups in total. The van der Waals surface area contributed by atoms with Gasteiger partial charge in [-0.05, 0) is 13.0 Å². The molecule has 0 fully saturated rings. The summed E-state index contributed by atoms with van der Waals surface area (Å²) in [5, 5.41) is 18.5. The van der Waals surface area contributed by atoms with Crippen LogP contribution in [0.5, 0.6) is 0 Å². The van der Waals surface area contributed by atoms with Gasteiger partial charge >= 0.3 is 0 Å². The second-order valence-corrected chi connectivity index (χ2v) is 6.52. The maximum atomic E-state index is 9.27. The molecule has 0 bridgehead atoms. The van der Waals surface area contributed by atoms with Crippen molar-refractivity contribution in [1.82, 2.24) is 9.97 Å². The van der Waals surface area contributed by atoms with E-state index in [-0.39, 0.29) is 16.6 Å². The summed E-state index contributed by atoms with van der Waals surface area (Å²) < 4.78 is 5.83. The van der Waals surface area contributed by atoms with E-state index in [1.807, 2.05) is 49.4 Å². The third-order valence-electron chi connectivity index (χ3n) is 3.48. The molecule has 122 valence electrons. The average Bonchev–Trinajstić information content (AvgIpc) is 3.13. The van der Waals surface area contributed by atoms with E-state index in [4.69, 9.17) is 15.4 Å². The monoisotopic (exact) mass is 347 g/mol. The van der Waals surface area contributed by atoms with Crippen LogP contribution in [0.15, 0.2) is 52.0 Å². The number of benzene rings is 1. The first-order valence-electron chi connectivity index (χ1n) is 7.41. The Bertz CT molecular complexity index is 985. The van der Waals surface area contributed by atoms with Crippen LogP contribution in [0.4, 0.5) is 5.82 Å². The first kappa shape index (κ1) is 16.6. The molecule has 7 heteroatoms. The minimum Gasteiger partial charge on any atom is -0.440 e. The molecular weight excluding hydrogens is 334 g/mol. The quantitative estimate of drug-likeness (QED) is 0.712. The number of thioether (sulfide) groups is 1. The van der Waals surface area contributed by atoms with Gasteiger partial charge in [-0.15, -0.1) is 0 Å². The molecule has 0 saturated carbocycles. The molecule has 2 heterocycles. The Kier molecular flexibility index (Phi) is 4.69. The first-order valence-corrected chi connectivity index (χ1v) is 8.29. The Morgan fingerprint density at radius 3 is 2.56 bits per heavy atom. The van der Waals surface area contributed by atoms with Crippen molar-refractivity contribution in [2.24, 2.45) is 0 Å². The molecule has 1 aromatic carbocycles. The van der Waals surface area contributed by atoms with Gasteiger partial charge in [0.15, 0.2) is 5.76 Å². The van der Waals surface area contributed by atoms with E-state index < -0.39 is 0 Å². The lowest BCUT2D eigenvalue weighted by Gasteiger charge is -2.09. The predicted molar refractivity (Wildman–Crippen MR) is 94.3 cm³/mol. The van der Waals surface area contributed by atoms with Crippen LogP contribution in [0.1, 0.15) is 29.2 Å². The van der Waals surface area contributed by atoms with E-state index in [1.54, 1.807) is 6.20 Å². The maximum absolute atomic E-state index is 9.27. The summed E-state index contributed by atoms with van der Waals surface area (Å²) in [5.74, 6) is 1.31. The molecule has 0 spiro atoms. The molecule has 0 saturated heterocycles. The second kappa shape index (κ2) is 7.08. The summed E-state index contributed by atoms with van der Waals surface area (Å²) in [7, 11) is 0. The lowest BCUT2D eigenvalue weighted by atomic mass is 10.2. The van der Waals surface area contributed by atoms with Crippen LogP contribution in [-0.2, 0) is 0 Å². The minimum absolute atomic E-state index is 0.105. The largest absolute Gasteiger partial charge is 0.440 e. The molecule has 0 unspecified atom stereocenters. The Labute approximate surface area is 148 Å². The zero-order valence-electron chi connectivity index (χ0n) is 13.3. The topological polar surface area (TPSA) is 113 Å². The molecule has 0 radical (unpaired) electrons. The fraction of sp³-hybridized carbons (Fsp3) is 0.111. The van der Waals surface area contributed by atoms with Gasteiger partial charge in [0.05, 0.1) is 22.6 Å². The van der Waals surface area contributed by atoms with Gasteiger partial charge in [-0.2, -0.15) is 10.5 Å². The van der Waals surface area contributed by atoms with Gasteiger partial charge in [0.1, 0.15) is 23.0 Å². The molecular formula is C18H13N5OS. The van der Waals surface area contributed by atoms with Gasteiger partial charge in [-0.25, -0.2) is 9.97 Å². The SMILES string of the molecule is C[C@H](Sc1nc(N)c(C#N)cc1C#N)c1ncc(-c2ccccc2)o1. The number of nitrogen functional groups attached to an aromatic ring is 1. The molecule has 1 atom stereocenters. The Morgan fingerprint density at radius 2 is 1.88 bits per heavy atom. The van der Waals surface area contributed by atoms with Crippen LogP contribution in [0.3, 0.4) is 0 Å². The highest BCUT2D eigenvalue weighted by atomic mass is 32.2. The second-order valence-electron chi connectivity index (χ2n) is 5.19. The molecule has 0 aliphatic heterocycles. The summed E-state index contributed by atoms with van der Waals surface area (Å²) in [6.45, 7) is 1.91. The van der Waals surface area contributed by atoms with Gasteiger partial charge in [-0.3, -0.25) is 0 Å². The van der Waals surface area contributed by atoms with E-state index in [0.717, 1.165) is 5.56 Å². The van der Waals surface area contributed by atoms with Gasteiger partial charge < -0.3 is 10.2 Å². The number of pyridine rings is 1. The molecule has 3 aromatic rings. The zero-order chi connectivity index (χ0) is 17.8.